The summed E-state index contributed by atoms with van der Waals surface area (Å²) in [5.41, 5.74) is 1.72. The number of aryl methyl sites for hydroxylation is 2. The molecule has 2 N–H and O–H groups in total. The number of benzene rings is 1. The Labute approximate surface area is 183 Å². The van der Waals surface area contributed by atoms with Crippen molar-refractivity contribution >= 4 is 34.1 Å². The number of hydrogen-bond donors (Lipinski definition) is 2. The number of esters is 1. The largest absolute Gasteiger partial charge is 0.492 e. The lowest BCUT2D eigenvalue weighted by molar-refractivity contribution is -0.124. The molecule has 31 heavy (non-hydrogen) atoms. The van der Waals surface area contributed by atoms with Gasteiger partial charge in [0.1, 0.15) is 17.2 Å². The van der Waals surface area contributed by atoms with Crippen LogP contribution in [-0.2, 0) is 9.53 Å². The van der Waals surface area contributed by atoms with Gasteiger partial charge in [-0.25, -0.2) is 4.79 Å². The maximum atomic E-state index is 12.3. The molecule has 0 saturated carbocycles. The van der Waals surface area contributed by atoms with Gasteiger partial charge in [0.25, 0.3) is 11.8 Å². The topological polar surface area (TPSA) is 107 Å². The van der Waals surface area contributed by atoms with Crippen LogP contribution >= 0.6 is 11.3 Å². The first-order valence-corrected chi connectivity index (χ1v) is 10.3. The molecule has 2 heterocycles. The fraction of sp³-hybridized carbons (Fsp3) is 0.227. The zero-order valence-electron chi connectivity index (χ0n) is 17.1. The van der Waals surface area contributed by atoms with Crippen molar-refractivity contribution in [2.45, 2.75) is 13.8 Å². The van der Waals surface area contributed by atoms with Crippen LogP contribution in [0, 0.1) is 13.8 Å². The molecule has 0 fully saturated rings. The lowest BCUT2D eigenvalue weighted by Gasteiger charge is -2.08. The third-order valence-corrected chi connectivity index (χ3v) is 5.23. The van der Waals surface area contributed by atoms with Gasteiger partial charge in [0.2, 0.25) is 0 Å². The van der Waals surface area contributed by atoms with Crippen LogP contribution in [0.3, 0.4) is 0 Å². The number of thiophene rings is 1. The molecular formula is C22H22N2O6S. The molecule has 162 valence electrons. The molecule has 2 aromatic heterocycles. The van der Waals surface area contributed by atoms with E-state index in [1.165, 1.54) is 12.3 Å². The van der Waals surface area contributed by atoms with Crippen molar-refractivity contribution in [3.8, 4) is 5.75 Å². The maximum absolute atomic E-state index is 12.3. The molecule has 8 nitrogen and oxygen atoms in total. The third kappa shape index (κ3) is 6.45. The Kier molecular flexibility index (Phi) is 7.45. The summed E-state index contributed by atoms with van der Waals surface area (Å²) in [6.07, 6.45) is 1.40. The summed E-state index contributed by atoms with van der Waals surface area (Å²) < 4.78 is 15.7. The molecule has 0 aliphatic heterocycles. The molecular weight excluding hydrogens is 420 g/mol. The van der Waals surface area contributed by atoms with E-state index in [0.717, 1.165) is 22.6 Å². The van der Waals surface area contributed by atoms with Crippen LogP contribution in [0.4, 0.5) is 5.00 Å². The average molecular weight is 442 g/mol. The first-order valence-electron chi connectivity index (χ1n) is 9.51. The Bertz CT molecular complexity index is 1060. The summed E-state index contributed by atoms with van der Waals surface area (Å²) in [6.45, 7) is 3.86. The predicted octanol–water partition coefficient (Wildman–Crippen LogP) is 3.56. The highest BCUT2D eigenvalue weighted by atomic mass is 32.1. The second-order valence-corrected chi connectivity index (χ2v) is 7.70. The fourth-order valence-corrected chi connectivity index (χ4v) is 3.60. The van der Waals surface area contributed by atoms with E-state index in [-0.39, 0.29) is 12.3 Å². The number of ether oxygens (including phenoxy) is 2. The first kappa shape index (κ1) is 22.1. The molecule has 9 heteroatoms. The Hall–Kier alpha value is -3.59. The Morgan fingerprint density at radius 3 is 2.68 bits per heavy atom. The SMILES string of the molecule is Cc1cccc(OCCNC(=O)COC(=O)c2sc(NC(=O)c3ccco3)cc2C)c1. The Morgan fingerprint density at radius 2 is 1.94 bits per heavy atom. The predicted molar refractivity (Wildman–Crippen MR) is 116 cm³/mol. The molecule has 0 saturated heterocycles. The summed E-state index contributed by atoms with van der Waals surface area (Å²) in [6, 6.07) is 12.4. The van der Waals surface area contributed by atoms with Gasteiger partial charge < -0.3 is 24.5 Å². The highest BCUT2D eigenvalue weighted by Crippen LogP contribution is 2.27. The molecule has 1 aromatic carbocycles. The molecule has 0 atom stereocenters. The lowest BCUT2D eigenvalue weighted by Crippen LogP contribution is -2.32. The zero-order chi connectivity index (χ0) is 22.2. The fourth-order valence-electron chi connectivity index (χ4n) is 2.64. The quantitative estimate of drug-likeness (QED) is 0.388. The molecule has 0 bridgehead atoms. The number of rotatable bonds is 9. The van der Waals surface area contributed by atoms with Crippen molar-refractivity contribution in [3.63, 3.8) is 0 Å². The zero-order valence-corrected chi connectivity index (χ0v) is 17.9. The number of anilines is 1. The van der Waals surface area contributed by atoms with Crippen LogP contribution in [0.25, 0.3) is 0 Å². The van der Waals surface area contributed by atoms with Crippen LogP contribution in [0.5, 0.6) is 5.75 Å². The highest BCUT2D eigenvalue weighted by molar-refractivity contribution is 7.18. The molecule has 0 unspecified atom stereocenters. The Balaban J connectivity index is 1.41. The van der Waals surface area contributed by atoms with E-state index < -0.39 is 24.4 Å². The smallest absolute Gasteiger partial charge is 0.349 e. The first-order chi connectivity index (χ1) is 14.9. The van der Waals surface area contributed by atoms with E-state index in [4.69, 9.17) is 13.9 Å². The number of furan rings is 1. The minimum absolute atomic E-state index is 0.165. The van der Waals surface area contributed by atoms with Crippen LogP contribution in [0.1, 0.15) is 31.4 Å². The van der Waals surface area contributed by atoms with Gasteiger partial charge in [-0.3, -0.25) is 9.59 Å². The molecule has 2 amide bonds. The van der Waals surface area contributed by atoms with Gasteiger partial charge in [-0.05, 0) is 55.3 Å². The van der Waals surface area contributed by atoms with E-state index in [2.05, 4.69) is 10.6 Å². The number of carbonyl (C=O) groups excluding carboxylic acids is 3. The van der Waals surface area contributed by atoms with Gasteiger partial charge >= 0.3 is 5.97 Å². The second kappa shape index (κ2) is 10.4. The minimum atomic E-state index is -0.632. The van der Waals surface area contributed by atoms with Crippen molar-refractivity contribution in [1.82, 2.24) is 5.32 Å². The number of amides is 2. The van der Waals surface area contributed by atoms with Crippen molar-refractivity contribution in [2.75, 3.05) is 25.1 Å². The third-order valence-electron chi connectivity index (χ3n) is 4.10. The number of carbonyl (C=O) groups is 3. The standard InChI is InChI=1S/C22H22N2O6S/c1-14-5-3-6-16(11-14)28-10-8-23-18(25)13-30-22(27)20-15(2)12-19(31-20)24-21(26)17-7-4-9-29-17/h3-7,9,11-12H,8,10,13H2,1-2H3,(H,23,25)(H,24,26). The molecule has 0 radical (unpaired) electrons. The van der Waals surface area contributed by atoms with Crippen molar-refractivity contribution < 1.29 is 28.3 Å². The molecule has 3 rings (SSSR count). The van der Waals surface area contributed by atoms with Crippen molar-refractivity contribution in [2.24, 2.45) is 0 Å². The van der Waals surface area contributed by atoms with E-state index in [9.17, 15) is 14.4 Å². The molecule has 0 aliphatic rings. The summed E-state index contributed by atoms with van der Waals surface area (Å²) in [4.78, 5) is 36.5. The van der Waals surface area contributed by atoms with Gasteiger partial charge in [0.05, 0.1) is 17.8 Å². The van der Waals surface area contributed by atoms with Crippen LogP contribution in [-0.4, -0.2) is 37.5 Å². The van der Waals surface area contributed by atoms with Crippen LogP contribution < -0.4 is 15.4 Å². The van der Waals surface area contributed by atoms with Gasteiger partial charge in [0.15, 0.2) is 12.4 Å². The Morgan fingerprint density at radius 1 is 1.10 bits per heavy atom. The second-order valence-electron chi connectivity index (χ2n) is 6.65. The summed E-state index contributed by atoms with van der Waals surface area (Å²) in [7, 11) is 0. The van der Waals surface area contributed by atoms with E-state index in [0.29, 0.717) is 22.0 Å². The highest BCUT2D eigenvalue weighted by Gasteiger charge is 2.18. The summed E-state index contributed by atoms with van der Waals surface area (Å²) >= 11 is 1.07. The normalized spacial score (nSPS) is 10.4. The maximum Gasteiger partial charge on any atom is 0.349 e. The lowest BCUT2D eigenvalue weighted by atomic mass is 10.2. The number of nitrogens with one attached hydrogen (secondary N) is 2. The van der Waals surface area contributed by atoms with Gasteiger partial charge in [-0.1, -0.05) is 12.1 Å². The van der Waals surface area contributed by atoms with Gasteiger partial charge in [0, 0.05) is 0 Å². The average Bonchev–Trinajstić information content (AvgIpc) is 3.39. The monoisotopic (exact) mass is 442 g/mol. The molecule has 0 spiro atoms. The molecule has 3 aromatic rings. The summed E-state index contributed by atoms with van der Waals surface area (Å²) in [5, 5.41) is 5.77. The van der Waals surface area contributed by atoms with Crippen LogP contribution in [0.2, 0.25) is 0 Å². The minimum Gasteiger partial charge on any atom is -0.492 e. The van der Waals surface area contributed by atoms with Crippen molar-refractivity contribution in [1.29, 1.82) is 0 Å². The van der Waals surface area contributed by atoms with Crippen LogP contribution in [0.15, 0.2) is 53.1 Å². The van der Waals surface area contributed by atoms with E-state index in [1.54, 1.807) is 19.1 Å². The van der Waals surface area contributed by atoms with E-state index in [1.807, 2.05) is 31.2 Å². The number of hydrogen-bond acceptors (Lipinski definition) is 7. The summed E-state index contributed by atoms with van der Waals surface area (Å²) in [5.74, 6) is -0.589. The van der Waals surface area contributed by atoms with E-state index >= 15 is 0 Å². The van der Waals surface area contributed by atoms with Crippen molar-refractivity contribution in [3.05, 3.63) is 70.5 Å². The van der Waals surface area contributed by atoms with Gasteiger partial charge in [-0.15, -0.1) is 11.3 Å². The molecule has 0 aliphatic carbocycles. The van der Waals surface area contributed by atoms with Gasteiger partial charge in [-0.2, -0.15) is 0 Å².